The van der Waals surface area contributed by atoms with Crippen molar-refractivity contribution in [3.05, 3.63) is 58.1 Å². The number of aryl methyl sites for hydroxylation is 1. The van der Waals surface area contributed by atoms with Crippen LogP contribution >= 0.6 is 0 Å². The van der Waals surface area contributed by atoms with Crippen LogP contribution in [0.4, 0.5) is 17.1 Å². The van der Waals surface area contributed by atoms with Crippen LogP contribution in [0.15, 0.2) is 52.7 Å². The number of benzene rings is 2. The fraction of sp³-hybridized carbons (Fsp3) is 0.143. The molecule has 0 atom stereocenters. The van der Waals surface area contributed by atoms with E-state index >= 15 is 0 Å². The third-order valence-electron chi connectivity index (χ3n) is 2.74. The van der Waals surface area contributed by atoms with Crippen LogP contribution < -0.4 is 4.74 Å². The minimum Gasteiger partial charge on any atom is -0.497 e. The third kappa shape index (κ3) is 3.17. The fourth-order valence-electron chi connectivity index (χ4n) is 1.62. The Morgan fingerprint density at radius 1 is 1.10 bits per heavy atom. The van der Waals surface area contributed by atoms with Crippen LogP contribution in [0.5, 0.6) is 5.75 Å². The summed E-state index contributed by atoms with van der Waals surface area (Å²) in [4.78, 5) is 10.1. The molecule has 0 radical (unpaired) electrons. The number of nitro groups is 1. The molecule has 0 N–H and O–H groups in total. The van der Waals surface area contributed by atoms with E-state index in [9.17, 15) is 10.1 Å². The molecule has 0 aliphatic rings. The zero-order valence-electron chi connectivity index (χ0n) is 11.1. The molecule has 102 valence electrons. The van der Waals surface area contributed by atoms with Crippen LogP contribution in [0.25, 0.3) is 0 Å². The van der Waals surface area contributed by atoms with E-state index in [0.717, 1.165) is 17.0 Å². The highest BCUT2D eigenvalue weighted by Crippen LogP contribution is 2.26. The van der Waals surface area contributed by atoms with E-state index in [0.29, 0.717) is 5.69 Å². The molecule has 20 heavy (non-hydrogen) atoms. The molecule has 0 amide bonds. The summed E-state index contributed by atoms with van der Waals surface area (Å²) in [5.74, 6) is 0.761. The van der Waals surface area contributed by atoms with Crippen molar-refractivity contribution in [2.45, 2.75) is 6.92 Å². The number of hydrogen-bond acceptors (Lipinski definition) is 5. The van der Waals surface area contributed by atoms with Gasteiger partial charge in [-0.05, 0) is 42.8 Å². The van der Waals surface area contributed by atoms with Gasteiger partial charge in [0.15, 0.2) is 0 Å². The molecule has 0 heterocycles. The van der Waals surface area contributed by atoms with Gasteiger partial charge in [0.05, 0.1) is 23.4 Å². The summed E-state index contributed by atoms with van der Waals surface area (Å²) in [6.45, 7) is 1.91. The van der Waals surface area contributed by atoms with Crippen LogP contribution in [-0.2, 0) is 0 Å². The number of azo groups is 1. The predicted molar refractivity (Wildman–Crippen MR) is 75.0 cm³/mol. The van der Waals surface area contributed by atoms with Crippen molar-refractivity contribution < 1.29 is 9.66 Å². The van der Waals surface area contributed by atoms with Crippen molar-refractivity contribution in [1.82, 2.24) is 0 Å². The topological polar surface area (TPSA) is 77.1 Å². The first-order chi connectivity index (χ1) is 9.60. The van der Waals surface area contributed by atoms with Crippen molar-refractivity contribution in [2.24, 2.45) is 10.2 Å². The van der Waals surface area contributed by atoms with E-state index in [2.05, 4.69) is 10.2 Å². The minimum absolute atomic E-state index is 0.0320. The van der Waals surface area contributed by atoms with Gasteiger partial charge in [-0.3, -0.25) is 10.1 Å². The van der Waals surface area contributed by atoms with E-state index in [1.807, 2.05) is 19.1 Å². The fourth-order valence-corrected chi connectivity index (χ4v) is 1.62. The number of ether oxygens (including phenoxy) is 1. The van der Waals surface area contributed by atoms with Crippen LogP contribution in [0.3, 0.4) is 0 Å². The summed E-state index contributed by atoms with van der Waals surface area (Å²) in [6, 6.07) is 11.4. The Balaban J connectivity index is 2.18. The molecule has 0 fully saturated rings. The highest BCUT2D eigenvalue weighted by Gasteiger charge is 2.03. The Kier molecular flexibility index (Phi) is 4.05. The Hall–Kier alpha value is -2.76. The van der Waals surface area contributed by atoms with Gasteiger partial charge in [-0.25, -0.2) is 0 Å². The Labute approximate surface area is 115 Å². The van der Waals surface area contributed by atoms with Gasteiger partial charge in [0.25, 0.3) is 5.69 Å². The molecule has 0 aliphatic carbocycles. The molecule has 0 bridgehead atoms. The SMILES string of the molecule is COc1ccc(N=Nc2ccc([N+](=O)[O-])cc2)c(C)c1. The first kappa shape index (κ1) is 13.7. The Bertz CT molecular complexity index is 651. The summed E-state index contributed by atoms with van der Waals surface area (Å²) < 4.78 is 5.11. The molecule has 6 nitrogen and oxygen atoms in total. The standard InChI is InChI=1S/C14H13N3O3/c1-10-9-13(20-2)7-8-14(10)16-15-11-3-5-12(6-4-11)17(18)19/h3-9H,1-2H3. The lowest BCUT2D eigenvalue weighted by Crippen LogP contribution is -1.85. The molecular weight excluding hydrogens is 258 g/mol. The zero-order valence-corrected chi connectivity index (χ0v) is 11.1. The molecule has 0 spiro atoms. The number of rotatable bonds is 4. The van der Waals surface area contributed by atoms with E-state index in [4.69, 9.17) is 4.74 Å². The van der Waals surface area contributed by atoms with Gasteiger partial charge in [-0.15, -0.1) is 0 Å². The lowest BCUT2D eigenvalue weighted by Gasteiger charge is -2.02. The lowest BCUT2D eigenvalue weighted by atomic mass is 10.2. The normalized spacial score (nSPS) is 10.7. The smallest absolute Gasteiger partial charge is 0.269 e. The molecule has 0 aliphatic heterocycles. The first-order valence-corrected chi connectivity index (χ1v) is 5.91. The molecule has 2 aromatic carbocycles. The molecular formula is C14H13N3O3. The Morgan fingerprint density at radius 2 is 1.80 bits per heavy atom. The van der Waals surface area contributed by atoms with Gasteiger partial charge in [0.2, 0.25) is 0 Å². The molecule has 0 saturated carbocycles. The minimum atomic E-state index is -0.450. The lowest BCUT2D eigenvalue weighted by molar-refractivity contribution is -0.384. The average molecular weight is 271 g/mol. The maximum atomic E-state index is 10.5. The van der Waals surface area contributed by atoms with Crippen LogP contribution in [0.1, 0.15) is 5.56 Å². The first-order valence-electron chi connectivity index (χ1n) is 5.91. The number of nitrogens with zero attached hydrogens (tertiary/aromatic N) is 3. The second kappa shape index (κ2) is 5.92. The van der Waals surface area contributed by atoms with Gasteiger partial charge in [0.1, 0.15) is 5.75 Å². The zero-order chi connectivity index (χ0) is 14.5. The van der Waals surface area contributed by atoms with E-state index in [1.54, 1.807) is 25.3 Å². The van der Waals surface area contributed by atoms with Crippen LogP contribution in [0, 0.1) is 17.0 Å². The van der Waals surface area contributed by atoms with E-state index in [1.165, 1.54) is 12.1 Å². The predicted octanol–water partition coefficient (Wildman–Crippen LogP) is 4.33. The summed E-state index contributed by atoms with van der Waals surface area (Å²) in [6.07, 6.45) is 0. The van der Waals surface area contributed by atoms with Crippen LogP contribution in [0.2, 0.25) is 0 Å². The van der Waals surface area contributed by atoms with E-state index in [-0.39, 0.29) is 5.69 Å². The number of non-ortho nitro benzene ring substituents is 1. The van der Waals surface area contributed by atoms with E-state index < -0.39 is 4.92 Å². The molecule has 0 saturated heterocycles. The third-order valence-corrected chi connectivity index (χ3v) is 2.74. The summed E-state index contributed by atoms with van der Waals surface area (Å²) in [7, 11) is 1.60. The maximum absolute atomic E-state index is 10.5. The maximum Gasteiger partial charge on any atom is 0.269 e. The Morgan fingerprint density at radius 3 is 2.35 bits per heavy atom. The monoisotopic (exact) mass is 271 g/mol. The largest absolute Gasteiger partial charge is 0.497 e. The molecule has 0 aromatic heterocycles. The van der Waals surface area contributed by atoms with Gasteiger partial charge in [0, 0.05) is 12.1 Å². The van der Waals surface area contributed by atoms with Crippen molar-refractivity contribution >= 4 is 17.1 Å². The van der Waals surface area contributed by atoms with Crippen LogP contribution in [-0.4, -0.2) is 12.0 Å². The summed E-state index contributed by atoms with van der Waals surface area (Å²) in [5.41, 5.74) is 2.26. The number of nitro benzene ring substituents is 1. The van der Waals surface area contributed by atoms with Gasteiger partial charge < -0.3 is 4.74 Å². The molecule has 6 heteroatoms. The van der Waals surface area contributed by atoms with Crippen molar-refractivity contribution in [3.8, 4) is 5.75 Å². The quantitative estimate of drug-likeness (QED) is 0.471. The highest BCUT2D eigenvalue weighted by atomic mass is 16.6. The van der Waals surface area contributed by atoms with Crippen molar-refractivity contribution in [2.75, 3.05) is 7.11 Å². The second-order valence-corrected chi connectivity index (χ2v) is 4.13. The molecule has 2 rings (SSSR count). The van der Waals surface area contributed by atoms with Gasteiger partial charge in [-0.2, -0.15) is 10.2 Å². The summed E-state index contributed by atoms with van der Waals surface area (Å²) >= 11 is 0. The summed E-state index contributed by atoms with van der Waals surface area (Å²) in [5, 5.41) is 18.7. The average Bonchev–Trinajstić information content (AvgIpc) is 2.46. The molecule has 2 aromatic rings. The van der Waals surface area contributed by atoms with Crippen molar-refractivity contribution in [3.63, 3.8) is 0 Å². The second-order valence-electron chi connectivity index (χ2n) is 4.13. The number of hydrogen-bond donors (Lipinski definition) is 0. The molecule has 0 unspecified atom stereocenters. The van der Waals surface area contributed by atoms with Gasteiger partial charge >= 0.3 is 0 Å². The highest BCUT2D eigenvalue weighted by molar-refractivity contribution is 5.50. The van der Waals surface area contributed by atoms with Gasteiger partial charge in [-0.1, -0.05) is 0 Å². The van der Waals surface area contributed by atoms with Crippen molar-refractivity contribution in [1.29, 1.82) is 0 Å². The number of methoxy groups -OCH3 is 1.